The lowest BCUT2D eigenvalue weighted by atomic mass is 10.2. The van der Waals surface area contributed by atoms with Crippen molar-refractivity contribution in [2.75, 3.05) is 20.2 Å². The number of hydrogen-bond donors (Lipinski definition) is 0. The molecule has 2 rings (SSSR count). The average molecular weight is 260 g/mol. The second-order valence-electron chi connectivity index (χ2n) is 3.81. The van der Waals surface area contributed by atoms with E-state index in [9.17, 15) is 4.79 Å². The van der Waals surface area contributed by atoms with Gasteiger partial charge in [0.25, 0.3) is 0 Å². The standard InChI is InChI=1S/C11H14ClNO2S/c1-15-11(14)10(13-6-2-3-7-13)8-4-5-9(12)16-8/h4-5,10H,2-3,6-7H2,1H3. The number of likely N-dealkylation sites (tertiary alicyclic amines) is 1. The molecule has 88 valence electrons. The summed E-state index contributed by atoms with van der Waals surface area (Å²) in [6.45, 7) is 1.91. The van der Waals surface area contributed by atoms with Crippen LogP contribution < -0.4 is 0 Å². The molecule has 2 heterocycles. The molecule has 0 N–H and O–H groups in total. The van der Waals surface area contributed by atoms with Crippen LogP contribution in [0.25, 0.3) is 0 Å². The fourth-order valence-electron chi connectivity index (χ4n) is 2.03. The first-order valence-corrected chi connectivity index (χ1v) is 6.49. The van der Waals surface area contributed by atoms with E-state index < -0.39 is 0 Å². The molecule has 1 fully saturated rings. The van der Waals surface area contributed by atoms with Crippen LogP contribution in [0, 0.1) is 0 Å². The third-order valence-electron chi connectivity index (χ3n) is 2.79. The fraction of sp³-hybridized carbons (Fsp3) is 0.545. The van der Waals surface area contributed by atoms with Crippen LogP contribution in [0.4, 0.5) is 0 Å². The minimum atomic E-state index is -0.273. The molecule has 16 heavy (non-hydrogen) atoms. The second kappa shape index (κ2) is 5.17. The molecule has 0 aliphatic carbocycles. The van der Waals surface area contributed by atoms with Gasteiger partial charge in [-0.05, 0) is 38.1 Å². The Morgan fingerprint density at radius 1 is 1.50 bits per heavy atom. The minimum absolute atomic E-state index is 0.194. The third-order valence-corrected chi connectivity index (χ3v) is 4.08. The number of esters is 1. The lowest BCUT2D eigenvalue weighted by molar-refractivity contribution is -0.146. The second-order valence-corrected chi connectivity index (χ2v) is 5.56. The molecule has 1 aliphatic heterocycles. The van der Waals surface area contributed by atoms with E-state index in [-0.39, 0.29) is 12.0 Å². The van der Waals surface area contributed by atoms with Crippen LogP contribution in [0.1, 0.15) is 23.8 Å². The highest BCUT2D eigenvalue weighted by molar-refractivity contribution is 7.16. The summed E-state index contributed by atoms with van der Waals surface area (Å²) in [7, 11) is 1.43. The molecule has 3 nitrogen and oxygen atoms in total. The minimum Gasteiger partial charge on any atom is -0.468 e. The van der Waals surface area contributed by atoms with Crippen LogP contribution >= 0.6 is 22.9 Å². The van der Waals surface area contributed by atoms with Gasteiger partial charge in [0.1, 0.15) is 6.04 Å². The molecule has 0 aromatic carbocycles. The summed E-state index contributed by atoms with van der Waals surface area (Å²) in [5.74, 6) is -0.194. The Hall–Kier alpha value is -0.580. The number of nitrogens with zero attached hydrogens (tertiary/aromatic N) is 1. The van der Waals surface area contributed by atoms with Crippen LogP contribution in [0.15, 0.2) is 12.1 Å². The summed E-state index contributed by atoms with van der Waals surface area (Å²) in [6.07, 6.45) is 2.29. The number of hydrogen-bond acceptors (Lipinski definition) is 4. The Labute approximate surface area is 104 Å². The maximum Gasteiger partial charge on any atom is 0.328 e. The topological polar surface area (TPSA) is 29.5 Å². The summed E-state index contributed by atoms with van der Waals surface area (Å²) in [5, 5.41) is 0. The predicted octanol–water partition coefficient (Wildman–Crippen LogP) is 2.71. The van der Waals surface area contributed by atoms with Crippen molar-refractivity contribution < 1.29 is 9.53 Å². The molecule has 0 spiro atoms. The highest BCUT2D eigenvalue weighted by atomic mass is 35.5. The summed E-state index contributed by atoms with van der Waals surface area (Å²) in [5.41, 5.74) is 0. The number of ether oxygens (including phenoxy) is 1. The zero-order chi connectivity index (χ0) is 11.5. The molecular formula is C11H14ClNO2S. The van der Waals surface area contributed by atoms with E-state index in [2.05, 4.69) is 4.90 Å². The highest BCUT2D eigenvalue weighted by Crippen LogP contribution is 2.33. The third kappa shape index (κ3) is 2.39. The molecule has 1 aromatic rings. The summed E-state index contributed by atoms with van der Waals surface area (Å²) in [4.78, 5) is 14.9. The van der Waals surface area contributed by atoms with E-state index in [0.29, 0.717) is 4.34 Å². The summed E-state index contributed by atoms with van der Waals surface area (Å²) in [6, 6.07) is 3.46. The van der Waals surface area contributed by atoms with Gasteiger partial charge in [0.15, 0.2) is 0 Å². The lowest BCUT2D eigenvalue weighted by Crippen LogP contribution is -2.32. The first-order chi connectivity index (χ1) is 7.72. The zero-order valence-corrected chi connectivity index (χ0v) is 10.7. The van der Waals surface area contributed by atoms with E-state index >= 15 is 0 Å². The number of halogens is 1. The maximum absolute atomic E-state index is 11.8. The Bertz CT molecular complexity index is 374. The fourth-order valence-corrected chi connectivity index (χ4v) is 3.22. The largest absolute Gasteiger partial charge is 0.468 e. The molecule has 1 atom stereocenters. The van der Waals surface area contributed by atoms with Gasteiger partial charge in [-0.1, -0.05) is 11.6 Å². The smallest absolute Gasteiger partial charge is 0.328 e. The van der Waals surface area contributed by atoms with E-state index in [1.54, 1.807) is 0 Å². The first-order valence-electron chi connectivity index (χ1n) is 5.29. The molecule has 1 aromatic heterocycles. The van der Waals surface area contributed by atoms with Crippen molar-refractivity contribution in [1.29, 1.82) is 0 Å². The van der Waals surface area contributed by atoms with Crippen molar-refractivity contribution in [3.8, 4) is 0 Å². The first kappa shape index (κ1) is 11.9. The molecule has 1 unspecified atom stereocenters. The molecule has 0 radical (unpaired) electrons. The van der Waals surface area contributed by atoms with E-state index in [1.807, 2.05) is 12.1 Å². The number of thiophene rings is 1. The molecule has 0 saturated carbocycles. The molecule has 1 aliphatic rings. The lowest BCUT2D eigenvalue weighted by Gasteiger charge is -2.23. The van der Waals surface area contributed by atoms with Gasteiger partial charge in [-0.15, -0.1) is 11.3 Å². The SMILES string of the molecule is COC(=O)C(c1ccc(Cl)s1)N1CCCC1. The van der Waals surface area contributed by atoms with Gasteiger partial charge in [0.2, 0.25) is 0 Å². The maximum atomic E-state index is 11.8. The monoisotopic (exact) mass is 259 g/mol. The van der Waals surface area contributed by atoms with Gasteiger partial charge in [0.05, 0.1) is 11.4 Å². The Balaban J connectivity index is 2.23. The van der Waals surface area contributed by atoms with E-state index in [0.717, 1.165) is 30.8 Å². The van der Waals surface area contributed by atoms with Crippen LogP contribution in [0.2, 0.25) is 4.34 Å². The molecular weight excluding hydrogens is 246 g/mol. The Morgan fingerprint density at radius 2 is 2.19 bits per heavy atom. The molecule has 0 amide bonds. The zero-order valence-electron chi connectivity index (χ0n) is 9.11. The normalized spacial score (nSPS) is 18.6. The van der Waals surface area contributed by atoms with Gasteiger partial charge in [-0.25, -0.2) is 4.79 Å². The van der Waals surface area contributed by atoms with Crippen LogP contribution in [-0.2, 0) is 9.53 Å². The number of rotatable bonds is 3. The van der Waals surface area contributed by atoms with Crippen LogP contribution in [-0.4, -0.2) is 31.1 Å². The number of methoxy groups -OCH3 is 1. The van der Waals surface area contributed by atoms with Crippen molar-refractivity contribution in [2.45, 2.75) is 18.9 Å². The number of carbonyl (C=O) groups is 1. The Morgan fingerprint density at radius 3 is 2.69 bits per heavy atom. The van der Waals surface area contributed by atoms with Gasteiger partial charge in [0, 0.05) is 4.88 Å². The van der Waals surface area contributed by atoms with Gasteiger partial charge >= 0.3 is 5.97 Å². The predicted molar refractivity (Wildman–Crippen MR) is 64.9 cm³/mol. The summed E-state index contributed by atoms with van der Waals surface area (Å²) < 4.78 is 5.58. The average Bonchev–Trinajstić information content (AvgIpc) is 2.91. The number of carbonyl (C=O) groups excluding carboxylic acids is 1. The Kier molecular flexibility index (Phi) is 3.84. The molecule has 1 saturated heterocycles. The van der Waals surface area contributed by atoms with Crippen molar-refractivity contribution in [1.82, 2.24) is 4.90 Å². The van der Waals surface area contributed by atoms with Gasteiger partial charge in [-0.2, -0.15) is 0 Å². The van der Waals surface area contributed by atoms with Crippen LogP contribution in [0.3, 0.4) is 0 Å². The molecule has 5 heteroatoms. The highest BCUT2D eigenvalue weighted by Gasteiger charge is 2.31. The summed E-state index contributed by atoms with van der Waals surface area (Å²) >= 11 is 7.36. The quantitative estimate of drug-likeness (QED) is 0.782. The van der Waals surface area contributed by atoms with Crippen molar-refractivity contribution in [2.24, 2.45) is 0 Å². The van der Waals surface area contributed by atoms with Crippen molar-refractivity contribution >= 4 is 28.9 Å². The van der Waals surface area contributed by atoms with E-state index in [4.69, 9.17) is 16.3 Å². The van der Waals surface area contributed by atoms with Crippen LogP contribution in [0.5, 0.6) is 0 Å². The van der Waals surface area contributed by atoms with Crippen molar-refractivity contribution in [3.63, 3.8) is 0 Å². The van der Waals surface area contributed by atoms with E-state index in [1.165, 1.54) is 18.4 Å². The van der Waals surface area contributed by atoms with Gasteiger partial charge < -0.3 is 4.74 Å². The van der Waals surface area contributed by atoms with Crippen molar-refractivity contribution in [3.05, 3.63) is 21.3 Å². The van der Waals surface area contributed by atoms with Gasteiger partial charge in [-0.3, -0.25) is 4.90 Å². The molecule has 0 bridgehead atoms.